The fourth-order valence-corrected chi connectivity index (χ4v) is 5.01. The molecule has 2 heterocycles. The van der Waals surface area contributed by atoms with E-state index < -0.39 is 0 Å². The summed E-state index contributed by atoms with van der Waals surface area (Å²) < 4.78 is 7.12. The van der Waals surface area contributed by atoms with Gasteiger partial charge in [0.1, 0.15) is 0 Å². The number of rotatable bonds is 3. The lowest BCUT2D eigenvalue weighted by atomic mass is 9.95. The topological polar surface area (TPSA) is 79.6 Å². The fourth-order valence-electron chi connectivity index (χ4n) is 3.92. The van der Waals surface area contributed by atoms with E-state index in [2.05, 4.69) is 5.10 Å². The summed E-state index contributed by atoms with van der Waals surface area (Å²) in [6, 6.07) is 5.62. The minimum absolute atomic E-state index is 0.0791. The van der Waals surface area contributed by atoms with Crippen molar-refractivity contribution in [2.45, 2.75) is 50.3 Å². The first kappa shape index (κ1) is 17.3. The van der Waals surface area contributed by atoms with Crippen LogP contribution in [0.3, 0.4) is 0 Å². The number of phenols is 1. The molecular weight excluding hydrogens is 350 g/mol. The van der Waals surface area contributed by atoms with Gasteiger partial charge in [-0.2, -0.15) is 0 Å². The van der Waals surface area contributed by atoms with E-state index >= 15 is 0 Å². The summed E-state index contributed by atoms with van der Waals surface area (Å²) in [5, 5.41) is 13.9. The molecule has 26 heavy (non-hydrogen) atoms. The van der Waals surface area contributed by atoms with Crippen LogP contribution in [0.25, 0.3) is 0 Å². The molecular formula is C19H23N3O3S. The third-order valence-electron chi connectivity index (χ3n) is 5.20. The van der Waals surface area contributed by atoms with E-state index in [0.717, 1.165) is 29.3 Å². The summed E-state index contributed by atoms with van der Waals surface area (Å²) in [6.07, 6.45) is 5.79. The Morgan fingerprint density at radius 1 is 1.31 bits per heavy atom. The predicted octanol–water partition coefficient (Wildman–Crippen LogP) is 4.28. The third-order valence-corrected chi connectivity index (χ3v) is 6.37. The largest absolute Gasteiger partial charge is 0.504 e. The van der Waals surface area contributed by atoms with Crippen molar-refractivity contribution in [1.29, 1.82) is 0 Å². The standard InChI is InChI=1S/C19H23N3O3S/c1-11-20-18-16(19(24)21-22(18)13-6-4-3-5-7-13)17(26-11)12-8-9-15(25-2)14(23)10-12/h8-10,13,17,23H,3-7H2,1-2H3,(H,21,24)/t17-/m1/s1. The summed E-state index contributed by atoms with van der Waals surface area (Å²) in [7, 11) is 1.52. The first-order valence-corrected chi connectivity index (χ1v) is 9.89. The van der Waals surface area contributed by atoms with Crippen LogP contribution >= 0.6 is 11.8 Å². The number of aromatic amines is 1. The maximum Gasteiger partial charge on any atom is 0.271 e. The first-order chi connectivity index (χ1) is 12.6. The lowest BCUT2D eigenvalue weighted by Crippen LogP contribution is -2.16. The molecule has 2 aliphatic rings. The van der Waals surface area contributed by atoms with Gasteiger partial charge in [-0.15, -0.1) is 0 Å². The SMILES string of the molecule is COc1ccc([C@H]2SC(C)=Nc3c2c(=O)[nH]n3C2CCCCC2)cc1O. The normalized spacial score (nSPS) is 20.5. The molecule has 0 amide bonds. The van der Waals surface area contributed by atoms with Crippen molar-refractivity contribution in [3.05, 3.63) is 39.7 Å². The molecule has 2 aromatic rings. The Hall–Kier alpha value is -2.15. The molecule has 0 saturated heterocycles. The van der Waals surface area contributed by atoms with Crippen LogP contribution in [-0.4, -0.2) is 27.0 Å². The van der Waals surface area contributed by atoms with Crippen LogP contribution < -0.4 is 10.3 Å². The molecule has 138 valence electrons. The molecule has 7 heteroatoms. The van der Waals surface area contributed by atoms with Gasteiger partial charge < -0.3 is 9.84 Å². The van der Waals surface area contributed by atoms with Crippen LogP contribution in [0.5, 0.6) is 11.5 Å². The number of ether oxygens (including phenoxy) is 1. The van der Waals surface area contributed by atoms with Crippen LogP contribution in [0.15, 0.2) is 28.0 Å². The van der Waals surface area contributed by atoms with Gasteiger partial charge >= 0.3 is 0 Å². The van der Waals surface area contributed by atoms with E-state index in [9.17, 15) is 9.90 Å². The Bertz CT molecular complexity index is 909. The smallest absolute Gasteiger partial charge is 0.271 e. The van der Waals surface area contributed by atoms with Gasteiger partial charge in [-0.25, -0.2) is 4.99 Å². The summed E-state index contributed by atoms with van der Waals surface area (Å²) in [4.78, 5) is 17.5. The van der Waals surface area contributed by atoms with Crippen LogP contribution in [0.1, 0.15) is 61.4 Å². The third kappa shape index (κ3) is 2.94. The number of nitrogens with one attached hydrogen (secondary N) is 1. The molecule has 1 atom stereocenters. The van der Waals surface area contributed by atoms with Crippen molar-refractivity contribution < 1.29 is 9.84 Å². The monoisotopic (exact) mass is 373 g/mol. The minimum Gasteiger partial charge on any atom is -0.504 e. The van der Waals surface area contributed by atoms with Gasteiger partial charge in [0.15, 0.2) is 17.3 Å². The molecule has 0 spiro atoms. The average molecular weight is 373 g/mol. The van der Waals surface area contributed by atoms with Crippen molar-refractivity contribution >= 4 is 22.6 Å². The molecule has 6 nitrogen and oxygen atoms in total. The zero-order chi connectivity index (χ0) is 18.3. The van der Waals surface area contributed by atoms with Crippen LogP contribution in [0, 0.1) is 0 Å². The number of hydrogen-bond acceptors (Lipinski definition) is 5. The number of fused-ring (bicyclic) bond motifs is 1. The second kappa shape index (κ2) is 6.87. The van der Waals surface area contributed by atoms with Gasteiger partial charge in [-0.1, -0.05) is 37.1 Å². The van der Waals surface area contributed by atoms with Gasteiger partial charge in [0.25, 0.3) is 5.56 Å². The molecule has 2 N–H and O–H groups in total. The summed E-state index contributed by atoms with van der Waals surface area (Å²) in [6.45, 7) is 1.96. The molecule has 1 saturated carbocycles. The average Bonchev–Trinajstić information content (AvgIpc) is 2.98. The van der Waals surface area contributed by atoms with Crippen molar-refractivity contribution in [1.82, 2.24) is 9.78 Å². The van der Waals surface area contributed by atoms with E-state index in [1.54, 1.807) is 23.9 Å². The molecule has 4 rings (SSSR count). The molecule has 0 unspecified atom stereocenters. The number of benzene rings is 1. The van der Waals surface area contributed by atoms with Gasteiger partial charge in [-0.05, 0) is 37.5 Å². The highest BCUT2D eigenvalue weighted by atomic mass is 32.2. The van der Waals surface area contributed by atoms with E-state index in [-0.39, 0.29) is 16.6 Å². The quantitative estimate of drug-likeness (QED) is 0.841. The maximum atomic E-state index is 12.8. The van der Waals surface area contributed by atoms with E-state index in [0.29, 0.717) is 17.4 Å². The fraction of sp³-hybridized carbons (Fsp3) is 0.474. The number of aromatic hydroxyl groups is 1. The van der Waals surface area contributed by atoms with Crippen molar-refractivity contribution in [3.8, 4) is 11.5 Å². The van der Waals surface area contributed by atoms with Gasteiger partial charge in [-0.3, -0.25) is 14.6 Å². The van der Waals surface area contributed by atoms with Crippen LogP contribution in [-0.2, 0) is 0 Å². The minimum atomic E-state index is -0.187. The molecule has 1 aromatic carbocycles. The number of methoxy groups -OCH3 is 1. The Morgan fingerprint density at radius 2 is 2.08 bits per heavy atom. The lowest BCUT2D eigenvalue weighted by molar-refractivity contribution is 0.331. The number of thioether (sulfide) groups is 1. The Balaban J connectivity index is 1.79. The molecule has 0 bridgehead atoms. The molecule has 1 fully saturated rings. The van der Waals surface area contributed by atoms with Gasteiger partial charge in [0, 0.05) is 0 Å². The van der Waals surface area contributed by atoms with Crippen LogP contribution in [0.4, 0.5) is 5.82 Å². The molecule has 1 aliphatic carbocycles. The summed E-state index contributed by atoms with van der Waals surface area (Å²) in [5.74, 6) is 1.25. The second-order valence-corrected chi connectivity index (χ2v) is 8.20. The predicted molar refractivity (Wildman–Crippen MR) is 104 cm³/mol. The van der Waals surface area contributed by atoms with Gasteiger partial charge in [0.05, 0.1) is 29.0 Å². The number of aromatic nitrogens is 2. The highest BCUT2D eigenvalue weighted by molar-refractivity contribution is 8.14. The summed E-state index contributed by atoms with van der Waals surface area (Å²) >= 11 is 1.54. The van der Waals surface area contributed by atoms with Gasteiger partial charge in [0.2, 0.25) is 0 Å². The highest BCUT2D eigenvalue weighted by Crippen LogP contribution is 2.46. The van der Waals surface area contributed by atoms with Crippen molar-refractivity contribution in [2.75, 3.05) is 7.11 Å². The summed E-state index contributed by atoms with van der Waals surface area (Å²) in [5.41, 5.74) is 1.46. The van der Waals surface area contributed by atoms with E-state index in [4.69, 9.17) is 9.73 Å². The van der Waals surface area contributed by atoms with Crippen LogP contribution in [0.2, 0.25) is 0 Å². The van der Waals surface area contributed by atoms with Crippen molar-refractivity contribution in [3.63, 3.8) is 0 Å². The number of aliphatic imine (C=N–C) groups is 1. The van der Waals surface area contributed by atoms with Crippen molar-refractivity contribution in [2.24, 2.45) is 4.99 Å². The first-order valence-electron chi connectivity index (χ1n) is 9.01. The number of H-pyrrole nitrogens is 1. The highest BCUT2D eigenvalue weighted by Gasteiger charge is 2.32. The molecule has 1 aromatic heterocycles. The second-order valence-electron chi connectivity index (χ2n) is 6.90. The Morgan fingerprint density at radius 3 is 2.77 bits per heavy atom. The Labute approximate surface area is 156 Å². The number of phenolic OH excluding ortho intramolecular Hbond substituents is 1. The molecule has 0 radical (unpaired) electrons. The van der Waals surface area contributed by atoms with E-state index in [1.807, 2.05) is 17.7 Å². The zero-order valence-corrected chi connectivity index (χ0v) is 15.8. The number of nitrogens with zero attached hydrogens (tertiary/aromatic N) is 2. The zero-order valence-electron chi connectivity index (χ0n) is 15.0. The Kier molecular flexibility index (Phi) is 4.56. The van der Waals surface area contributed by atoms with E-state index in [1.165, 1.54) is 26.4 Å². The maximum absolute atomic E-state index is 12.8. The molecule has 1 aliphatic heterocycles. The number of hydrogen-bond donors (Lipinski definition) is 2. The lowest BCUT2D eigenvalue weighted by Gasteiger charge is -2.26.